The largest absolute Gasteiger partial charge is 0.425 e. The van der Waals surface area contributed by atoms with Crippen molar-refractivity contribution in [3.05, 3.63) is 29.8 Å². The average molecular weight is 244 g/mol. The first-order chi connectivity index (χ1) is 8.37. The Morgan fingerprint density at radius 3 is 2.67 bits per heavy atom. The van der Waals surface area contributed by atoms with E-state index in [-0.39, 0.29) is 17.7 Å². The molecule has 0 aromatic heterocycles. The van der Waals surface area contributed by atoms with Crippen molar-refractivity contribution in [2.75, 3.05) is 0 Å². The summed E-state index contributed by atoms with van der Waals surface area (Å²) in [6, 6.07) is 7.50. The molecule has 94 valence electrons. The third-order valence-electron chi connectivity index (χ3n) is 3.91. The Bertz CT molecular complexity index is 553. The third-order valence-corrected chi connectivity index (χ3v) is 3.91. The van der Waals surface area contributed by atoms with Crippen LogP contribution in [0.5, 0.6) is 5.75 Å². The van der Waals surface area contributed by atoms with E-state index in [9.17, 15) is 9.59 Å². The lowest BCUT2D eigenvalue weighted by Gasteiger charge is -2.27. The minimum absolute atomic E-state index is 0.000460. The number of ether oxygens (including phenoxy) is 1. The molecule has 0 N–H and O–H groups in total. The molecule has 1 saturated carbocycles. The standard InChI is InChI=1S/C15H16O3/c1-14(2,3)12(16)15-8-10(15)9-6-4-5-7-11(9)18-13(15)17/h4-7,10H,8H2,1-3H3/t10-,15-/m1/s1. The lowest BCUT2D eigenvalue weighted by molar-refractivity contribution is -0.150. The Morgan fingerprint density at radius 1 is 1.33 bits per heavy atom. The van der Waals surface area contributed by atoms with Crippen molar-refractivity contribution in [2.45, 2.75) is 33.1 Å². The highest BCUT2D eigenvalue weighted by atomic mass is 16.5. The average Bonchev–Trinajstić information content (AvgIpc) is 3.04. The van der Waals surface area contributed by atoms with Crippen LogP contribution in [-0.4, -0.2) is 11.8 Å². The van der Waals surface area contributed by atoms with Crippen molar-refractivity contribution in [1.82, 2.24) is 0 Å². The number of hydrogen-bond donors (Lipinski definition) is 0. The maximum absolute atomic E-state index is 12.5. The monoisotopic (exact) mass is 244 g/mol. The minimum atomic E-state index is -0.910. The number of esters is 1. The number of para-hydroxylation sites is 1. The number of carbonyl (C=O) groups is 2. The van der Waals surface area contributed by atoms with Gasteiger partial charge in [0.1, 0.15) is 11.2 Å². The van der Waals surface area contributed by atoms with Crippen LogP contribution in [0.4, 0.5) is 0 Å². The lowest BCUT2D eigenvalue weighted by atomic mass is 9.78. The molecule has 0 radical (unpaired) electrons. The second-order valence-electron chi connectivity index (χ2n) is 6.23. The molecule has 18 heavy (non-hydrogen) atoms. The van der Waals surface area contributed by atoms with Crippen LogP contribution >= 0.6 is 0 Å². The van der Waals surface area contributed by atoms with Crippen molar-refractivity contribution in [3.8, 4) is 5.75 Å². The summed E-state index contributed by atoms with van der Waals surface area (Å²) in [6.07, 6.45) is 0.596. The number of Topliss-reactive ketones (excluding diaryl/α,β-unsaturated/α-hetero) is 1. The fraction of sp³-hybridized carbons (Fsp3) is 0.467. The van der Waals surface area contributed by atoms with Crippen LogP contribution in [0.25, 0.3) is 0 Å². The predicted octanol–water partition coefficient (Wildman–Crippen LogP) is 2.69. The molecular formula is C15H16O3. The molecular weight excluding hydrogens is 228 g/mol. The molecule has 3 nitrogen and oxygen atoms in total. The molecule has 1 aliphatic heterocycles. The summed E-state index contributed by atoms with van der Waals surface area (Å²) in [5.74, 6) is 0.259. The maximum atomic E-state index is 12.5. The van der Waals surface area contributed by atoms with Crippen LogP contribution in [0.15, 0.2) is 24.3 Å². The molecule has 0 spiro atoms. The van der Waals surface area contributed by atoms with Gasteiger partial charge in [-0.2, -0.15) is 0 Å². The molecule has 3 rings (SSSR count). The SMILES string of the molecule is CC(C)(C)C(=O)[C@@]12C[C@@H]1c1ccccc1OC2=O. The summed E-state index contributed by atoms with van der Waals surface area (Å²) in [5, 5.41) is 0. The van der Waals surface area contributed by atoms with E-state index in [4.69, 9.17) is 4.74 Å². The Kier molecular flexibility index (Phi) is 2.05. The second-order valence-corrected chi connectivity index (χ2v) is 6.23. The van der Waals surface area contributed by atoms with Crippen molar-refractivity contribution < 1.29 is 14.3 Å². The second kappa shape index (κ2) is 3.22. The Balaban J connectivity index is 2.06. The normalized spacial score (nSPS) is 29.1. The smallest absolute Gasteiger partial charge is 0.325 e. The van der Waals surface area contributed by atoms with Crippen LogP contribution in [-0.2, 0) is 9.59 Å². The lowest BCUT2D eigenvalue weighted by Crippen LogP contribution is -2.40. The van der Waals surface area contributed by atoms with Gasteiger partial charge >= 0.3 is 5.97 Å². The highest BCUT2D eigenvalue weighted by Gasteiger charge is 2.70. The van der Waals surface area contributed by atoms with Crippen LogP contribution < -0.4 is 4.74 Å². The highest BCUT2D eigenvalue weighted by molar-refractivity contribution is 6.12. The van der Waals surface area contributed by atoms with Gasteiger partial charge in [0.15, 0.2) is 5.78 Å². The van der Waals surface area contributed by atoms with Crippen molar-refractivity contribution in [1.29, 1.82) is 0 Å². The molecule has 1 fully saturated rings. The number of hydrogen-bond acceptors (Lipinski definition) is 3. The number of fused-ring (bicyclic) bond motifs is 3. The van der Waals surface area contributed by atoms with Gasteiger partial charge in [-0.05, 0) is 18.1 Å². The number of rotatable bonds is 1. The van der Waals surface area contributed by atoms with Crippen LogP contribution in [0, 0.1) is 10.8 Å². The fourth-order valence-corrected chi connectivity index (χ4v) is 2.93. The molecule has 3 heteroatoms. The van der Waals surface area contributed by atoms with Gasteiger partial charge in [-0.25, -0.2) is 0 Å². The minimum Gasteiger partial charge on any atom is -0.425 e. The first kappa shape index (κ1) is 11.5. The van der Waals surface area contributed by atoms with Gasteiger partial charge in [0.25, 0.3) is 0 Å². The Labute approximate surface area is 106 Å². The van der Waals surface area contributed by atoms with Crippen LogP contribution in [0.3, 0.4) is 0 Å². The van der Waals surface area contributed by atoms with Gasteiger partial charge in [-0.3, -0.25) is 9.59 Å². The Hall–Kier alpha value is -1.64. The van der Waals surface area contributed by atoms with Crippen molar-refractivity contribution >= 4 is 11.8 Å². The summed E-state index contributed by atoms with van der Waals surface area (Å²) in [6.45, 7) is 5.56. The number of ketones is 1. The van der Waals surface area contributed by atoms with Crippen LogP contribution in [0.1, 0.15) is 38.7 Å². The molecule has 0 bridgehead atoms. The highest BCUT2D eigenvalue weighted by Crippen LogP contribution is 2.66. The van der Waals surface area contributed by atoms with Gasteiger partial charge < -0.3 is 4.74 Å². The first-order valence-corrected chi connectivity index (χ1v) is 6.23. The number of benzene rings is 1. The molecule has 1 heterocycles. The van der Waals surface area contributed by atoms with E-state index in [0.717, 1.165) is 5.56 Å². The molecule has 1 aliphatic carbocycles. The number of carbonyl (C=O) groups excluding carboxylic acids is 2. The summed E-state index contributed by atoms with van der Waals surface area (Å²) < 4.78 is 5.35. The summed E-state index contributed by atoms with van der Waals surface area (Å²) in [4.78, 5) is 24.7. The van der Waals surface area contributed by atoms with Crippen molar-refractivity contribution in [2.24, 2.45) is 10.8 Å². The van der Waals surface area contributed by atoms with E-state index in [1.54, 1.807) is 6.07 Å². The van der Waals surface area contributed by atoms with Gasteiger partial charge in [-0.1, -0.05) is 39.0 Å². The van der Waals surface area contributed by atoms with E-state index >= 15 is 0 Å². The summed E-state index contributed by atoms with van der Waals surface area (Å²) >= 11 is 0. The summed E-state index contributed by atoms with van der Waals surface area (Å²) in [5.41, 5.74) is -0.429. The predicted molar refractivity (Wildman–Crippen MR) is 66.3 cm³/mol. The van der Waals surface area contributed by atoms with E-state index < -0.39 is 10.8 Å². The van der Waals surface area contributed by atoms with Gasteiger partial charge in [-0.15, -0.1) is 0 Å². The molecule has 1 aromatic carbocycles. The van der Waals surface area contributed by atoms with E-state index in [2.05, 4.69) is 0 Å². The van der Waals surface area contributed by atoms with E-state index in [1.807, 2.05) is 39.0 Å². The van der Waals surface area contributed by atoms with Gasteiger partial charge in [0.05, 0.1) is 0 Å². The first-order valence-electron chi connectivity index (χ1n) is 6.23. The van der Waals surface area contributed by atoms with Gasteiger partial charge in [0.2, 0.25) is 0 Å². The maximum Gasteiger partial charge on any atom is 0.325 e. The van der Waals surface area contributed by atoms with E-state index in [1.165, 1.54) is 0 Å². The van der Waals surface area contributed by atoms with Gasteiger partial charge in [0, 0.05) is 11.3 Å². The zero-order chi connectivity index (χ0) is 13.1. The molecule has 2 aliphatic rings. The zero-order valence-electron chi connectivity index (χ0n) is 10.8. The van der Waals surface area contributed by atoms with Crippen molar-refractivity contribution in [3.63, 3.8) is 0 Å². The molecule has 0 amide bonds. The van der Waals surface area contributed by atoms with E-state index in [0.29, 0.717) is 12.2 Å². The molecule has 1 aromatic rings. The molecule has 0 saturated heterocycles. The quantitative estimate of drug-likeness (QED) is 0.433. The molecule has 2 atom stereocenters. The topological polar surface area (TPSA) is 43.4 Å². The third kappa shape index (κ3) is 1.30. The zero-order valence-corrected chi connectivity index (χ0v) is 10.8. The Morgan fingerprint density at radius 2 is 2.00 bits per heavy atom. The summed E-state index contributed by atoms with van der Waals surface area (Å²) in [7, 11) is 0. The molecule has 0 unspecified atom stereocenters. The fourth-order valence-electron chi connectivity index (χ4n) is 2.93. The van der Waals surface area contributed by atoms with Crippen LogP contribution in [0.2, 0.25) is 0 Å².